The number of alkyl halides is 1. The Kier molecular flexibility index (Phi) is 5.46. The van der Waals surface area contributed by atoms with Crippen molar-refractivity contribution in [1.29, 1.82) is 0 Å². The van der Waals surface area contributed by atoms with Gasteiger partial charge >= 0.3 is 0 Å². The first-order valence-electron chi connectivity index (χ1n) is 6.63. The summed E-state index contributed by atoms with van der Waals surface area (Å²) in [5.74, 6) is 0.559. The van der Waals surface area contributed by atoms with Gasteiger partial charge in [-0.2, -0.15) is 5.10 Å². The highest BCUT2D eigenvalue weighted by Gasteiger charge is 2.13. The van der Waals surface area contributed by atoms with Crippen LogP contribution in [-0.2, 0) is 20.0 Å². The van der Waals surface area contributed by atoms with Gasteiger partial charge in [0.05, 0.1) is 16.4 Å². The Labute approximate surface area is 129 Å². The molecule has 1 heterocycles. The monoisotopic (exact) mass is 311 g/mol. The smallest absolute Gasteiger partial charge is 0.0860 e. The van der Waals surface area contributed by atoms with Crippen molar-refractivity contribution in [2.24, 2.45) is 7.05 Å². The fraction of sp³-hybridized carbons (Fsp3) is 0.400. The summed E-state index contributed by atoms with van der Waals surface area (Å²) >= 11 is 12.3. The Morgan fingerprint density at radius 2 is 2.00 bits per heavy atom. The van der Waals surface area contributed by atoms with E-state index in [4.69, 9.17) is 23.2 Å². The van der Waals surface area contributed by atoms with Gasteiger partial charge in [0.1, 0.15) is 0 Å². The SMILES string of the molecule is Cc1nn(C)c(CNC(CCl)Cc2ccccc2)c1Cl. The van der Waals surface area contributed by atoms with Crippen molar-refractivity contribution in [3.05, 3.63) is 52.3 Å². The molecule has 0 fully saturated rings. The summed E-state index contributed by atoms with van der Waals surface area (Å²) in [6.45, 7) is 2.58. The van der Waals surface area contributed by atoms with Crippen molar-refractivity contribution in [2.45, 2.75) is 25.9 Å². The fourth-order valence-corrected chi connectivity index (χ4v) is 2.64. The minimum Gasteiger partial charge on any atom is -0.307 e. The fourth-order valence-electron chi connectivity index (χ4n) is 2.19. The molecule has 2 aromatic rings. The lowest BCUT2D eigenvalue weighted by molar-refractivity contribution is 0.529. The van der Waals surface area contributed by atoms with Crippen molar-refractivity contribution in [3.63, 3.8) is 0 Å². The molecule has 1 aromatic carbocycles. The number of aryl methyl sites for hydroxylation is 2. The van der Waals surface area contributed by atoms with Crippen LogP contribution in [0.4, 0.5) is 0 Å². The number of rotatable bonds is 6. The molecule has 1 unspecified atom stereocenters. The Morgan fingerprint density at radius 3 is 2.55 bits per heavy atom. The number of hydrogen-bond donors (Lipinski definition) is 1. The third-order valence-electron chi connectivity index (χ3n) is 3.33. The van der Waals surface area contributed by atoms with Crippen LogP contribution in [0.1, 0.15) is 17.0 Å². The maximum atomic E-state index is 6.24. The summed E-state index contributed by atoms with van der Waals surface area (Å²) in [4.78, 5) is 0. The highest BCUT2D eigenvalue weighted by Crippen LogP contribution is 2.19. The lowest BCUT2D eigenvalue weighted by Gasteiger charge is -2.16. The summed E-state index contributed by atoms with van der Waals surface area (Å²) < 4.78 is 1.82. The zero-order valence-corrected chi connectivity index (χ0v) is 13.2. The number of aromatic nitrogens is 2. The summed E-state index contributed by atoms with van der Waals surface area (Å²) in [6.07, 6.45) is 0.902. The van der Waals surface area contributed by atoms with Gasteiger partial charge < -0.3 is 5.32 Å². The molecule has 1 atom stereocenters. The zero-order valence-electron chi connectivity index (χ0n) is 11.7. The zero-order chi connectivity index (χ0) is 14.5. The number of nitrogens with one attached hydrogen (secondary N) is 1. The normalized spacial score (nSPS) is 12.6. The van der Waals surface area contributed by atoms with E-state index >= 15 is 0 Å². The number of halogens is 2. The van der Waals surface area contributed by atoms with Gasteiger partial charge in [-0.3, -0.25) is 4.68 Å². The largest absolute Gasteiger partial charge is 0.307 e. The molecule has 0 aliphatic rings. The minimum atomic E-state index is 0.213. The molecule has 20 heavy (non-hydrogen) atoms. The summed E-state index contributed by atoms with van der Waals surface area (Å²) in [7, 11) is 1.91. The summed E-state index contributed by atoms with van der Waals surface area (Å²) in [5, 5.41) is 8.49. The van der Waals surface area contributed by atoms with Gasteiger partial charge in [-0.25, -0.2) is 0 Å². The number of benzene rings is 1. The van der Waals surface area contributed by atoms with Crippen LogP contribution in [0.15, 0.2) is 30.3 Å². The summed E-state index contributed by atoms with van der Waals surface area (Å²) in [6, 6.07) is 10.5. The minimum absolute atomic E-state index is 0.213. The molecule has 0 bridgehead atoms. The van der Waals surface area contributed by atoms with Crippen LogP contribution in [0.25, 0.3) is 0 Å². The first-order chi connectivity index (χ1) is 9.61. The van der Waals surface area contributed by atoms with Gasteiger partial charge in [0.15, 0.2) is 0 Å². The van der Waals surface area contributed by atoms with E-state index in [1.54, 1.807) is 0 Å². The standard InChI is InChI=1S/C15H19Cl2N3/c1-11-15(17)14(20(2)19-11)10-18-13(9-16)8-12-6-4-3-5-7-12/h3-7,13,18H,8-10H2,1-2H3. The van der Waals surface area contributed by atoms with Crippen LogP contribution in [0, 0.1) is 6.92 Å². The molecule has 3 nitrogen and oxygen atoms in total. The van der Waals surface area contributed by atoms with Crippen molar-refractivity contribution in [3.8, 4) is 0 Å². The van der Waals surface area contributed by atoms with Crippen LogP contribution >= 0.6 is 23.2 Å². The molecule has 1 aromatic heterocycles. The van der Waals surface area contributed by atoms with E-state index in [1.807, 2.05) is 36.9 Å². The highest BCUT2D eigenvalue weighted by molar-refractivity contribution is 6.31. The lowest BCUT2D eigenvalue weighted by atomic mass is 10.1. The Balaban J connectivity index is 1.97. The third kappa shape index (κ3) is 3.75. The second kappa shape index (κ2) is 7.11. The maximum absolute atomic E-state index is 6.24. The van der Waals surface area contributed by atoms with Crippen LogP contribution in [0.3, 0.4) is 0 Å². The lowest BCUT2D eigenvalue weighted by Crippen LogP contribution is -2.33. The molecule has 108 valence electrons. The summed E-state index contributed by atoms with van der Waals surface area (Å²) in [5.41, 5.74) is 3.13. The van der Waals surface area contributed by atoms with Gasteiger partial charge in [0.25, 0.3) is 0 Å². The van der Waals surface area contributed by atoms with Crippen molar-refractivity contribution in [1.82, 2.24) is 15.1 Å². The molecule has 0 spiro atoms. The second-order valence-electron chi connectivity index (χ2n) is 4.89. The van der Waals surface area contributed by atoms with E-state index < -0.39 is 0 Å². The van der Waals surface area contributed by atoms with Gasteiger partial charge in [-0.1, -0.05) is 41.9 Å². The van der Waals surface area contributed by atoms with E-state index in [0.717, 1.165) is 22.8 Å². The van der Waals surface area contributed by atoms with E-state index in [1.165, 1.54) is 5.56 Å². The Bertz CT molecular complexity index is 552. The van der Waals surface area contributed by atoms with E-state index in [9.17, 15) is 0 Å². The van der Waals surface area contributed by atoms with E-state index in [2.05, 4.69) is 22.5 Å². The van der Waals surface area contributed by atoms with Gasteiger partial charge in [0.2, 0.25) is 0 Å². The van der Waals surface area contributed by atoms with Crippen molar-refractivity contribution >= 4 is 23.2 Å². The molecule has 1 N–H and O–H groups in total. The molecular weight excluding hydrogens is 293 g/mol. The third-order valence-corrected chi connectivity index (χ3v) is 4.20. The van der Waals surface area contributed by atoms with Gasteiger partial charge in [-0.15, -0.1) is 11.6 Å². The number of nitrogens with zero attached hydrogens (tertiary/aromatic N) is 2. The molecule has 2 rings (SSSR count). The van der Waals surface area contributed by atoms with Crippen LogP contribution < -0.4 is 5.32 Å². The molecule has 5 heteroatoms. The Morgan fingerprint density at radius 1 is 1.30 bits per heavy atom. The Hall–Kier alpha value is -1.03. The molecule has 0 amide bonds. The topological polar surface area (TPSA) is 29.9 Å². The molecule has 0 aliphatic heterocycles. The predicted molar refractivity (Wildman–Crippen MR) is 84.4 cm³/mol. The second-order valence-corrected chi connectivity index (χ2v) is 5.58. The van der Waals surface area contributed by atoms with Gasteiger partial charge in [-0.05, 0) is 18.9 Å². The first kappa shape index (κ1) is 15.4. The molecule has 0 saturated heterocycles. The average Bonchev–Trinajstić information content (AvgIpc) is 2.70. The quantitative estimate of drug-likeness (QED) is 0.829. The molecular formula is C15H19Cl2N3. The van der Waals surface area contributed by atoms with Crippen LogP contribution in [0.5, 0.6) is 0 Å². The molecule has 0 radical (unpaired) electrons. The number of hydrogen-bond acceptors (Lipinski definition) is 2. The van der Waals surface area contributed by atoms with Crippen molar-refractivity contribution < 1.29 is 0 Å². The van der Waals surface area contributed by atoms with Crippen LogP contribution in [0.2, 0.25) is 5.02 Å². The van der Waals surface area contributed by atoms with Crippen molar-refractivity contribution in [2.75, 3.05) is 5.88 Å². The maximum Gasteiger partial charge on any atom is 0.0860 e. The average molecular weight is 312 g/mol. The first-order valence-corrected chi connectivity index (χ1v) is 7.54. The van der Waals surface area contributed by atoms with Gasteiger partial charge in [0, 0.05) is 25.5 Å². The van der Waals surface area contributed by atoms with E-state index in [0.29, 0.717) is 12.4 Å². The van der Waals surface area contributed by atoms with Crippen LogP contribution in [-0.4, -0.2) is 21.7 Å². The molecule has 0 aliphatic carbocycles. The van der Waals surface area contributed by atoms with E-state index in [-0.39, 0.29) is 6.04 Å². The predicted octanol–water partition coefficient (Wildman–Crippen LogP) is 3.32. The molecule has 0 saturated carbocycles. The highest BCUT2D eigenvalue weighted by atomic mass is 35.5.